The maximum absolute atomic E-state index is 12.9. The lowest BCUT2D eigenvalue weighted by Crippen LogP contribution is -2.28. The molecule has 0 saturated heterocycles. The van der Waals surface area contributed by atoms with Gasteiger partial charge in [0.25, 0.3) is 11.5 Å². The van der Waals surface area contributed by atoms with Crippen molar-refractivity contribution in [2.75, 3.05) is 27.3 Å². The van der Waals surface area contributed by atoms with Gasteiger partial charge in [0, 0.05) is 32.2 Å². The molecule has 2 heterocycles. The zero-order valence-electron chi connectivity index (χ0n) is 18.0. The van der Waals surface area contributed by atoms with E-state index in [1.54, 1.807) is 30.8 Å². The first-order valence-electron chi connectivity index (χ1n) is 9.78. The summed E-state index contributed by atoms with van der Waals surface area (Å²) in [4.78, 5) is 37.2. The molecule has 0 bridgehead atoms. The molecule has 3 rings (SSSR count). The van der Waals surface area contributed by atoms with Gasteiger partial charge in [0.1, 0.15) is 10.7 Å². The van der Waals surface area contributed by atoms with Crippen molar-refractivity contribution in [3.8, 4) is 0 Å². The molecule has 0 spiro atoms. The lowest BCUT2D eigenvalue weighted by Gasteiger charge is -2.16. The Bertz CT molecular complexity index is 1120. The second-order valence-electron chi connectivity index (χ2n) is 7.38. The number of aryl methyl sites for hydroxylation is 3. The minimum absolute atomic E-state index is 0.0858. The fourth-order valence-electron chi connectivity index (χ4n) is 3.19. The highest BCUT2D eigenvalue weighted by atomic mass is 32.2. The maximum atomic E-state index is 12.9. The largest absolute Gasteiger partial charge is 0.385 e. The number of hydrogen-bond acceptors (Lipinski definition) is 6. The summed E-state index contributed by atoms with van der Waals surface area (Å²) in [6.07, 6.45) is 0.765. The first kappa shape index (κ1) is 22.5. The van der Waals surface area contributed by atoms with Crippen molar-refractivity contribution in [2.24, 2.45) is 0 Å². The highest BCUT2D eigenvalue weighted by Crippen LogP contribution is 2.30. The molecule has 0 aliphatic heterocycles. The average molecular weight is 446 g/mol. The van der Waals surface area contributed by atoms with Crippen LogP contribution >= 0.6 is 23.1 Å². The van der Waals surface area contributed by atoms with Crippen LogP contribution in [-0.2, 0) is 10.5 Å². The minimum atomic E-state index is -0.189. The number of nitrogens with zero attached hydrogens (tertiary/aromatic N) is 2. The molecule has 0 saturated carbocycles. The minimum Gasteiger partial charge on any atom is -0.385 e. The number of nitrogens with one attached hydrogen (secondary N) is 1. The highest BCUT2D eigenvalue weighted by molar-refractivity contribution is 7.98. The number of benzene rings is 1. The molecule has 0 unspecified atom stereocenters. The Labute approximate surface area is 184 Å². The fraction of sp³-hybridized carbons (Fsp3) is 0.409. The molecule has 0 aliphatic carbocycles. The van der Waals surface area contributed by atoms with Crippen LogP contribution in [0.4, 0.5) is 0 Å². The number of carbonyl (C=O) groups excluding carboxylic acids is 1. The van der Waals surface area contributed by atoms with Crippen LogP contribution in [-0.4, -0.2) is 48.1 Å². The lowest BCUT2D eigenvalue weighted by molar-refractivity contribution is 0.0783. The van der Waals surface area contributed by atoms with Gasteiger partial charge in [-0.2, -0.15) is 0 Å². The normalized spacial score (nSPS) is 11.2. The van der Waals surface area contributed by atoms with Gasteiger partial charge < -0.3 is 14.6 Å². The molecule has 0 aliphatic rings. The van der Waals surface area contributed by atoms with Crippen LogP contribution in [0.3, 0.4) is 0 Å². The van der Waals surface area contributed by atoms with Crippen LogP contribution in [0.1, 0.15) is 38.6 Å². The quantitative estimate of drug-likeness (QED) is 0.413. The van der Waals surface area contributed by atoms with Crippen molar-refractivity contribution < 1.29 is 9.53 Å². The van der Waals surface area contributed by atoms with Crippen molar-refractivity contribution in [3.63, 3.8) is 0 Å². The number of H-pyrrole nitrogens is 1. The Morgan fingerprint density at radius 3 is 2.80 bits per heavy atom. The van der Waals surface area contributed by atoms with Crippen LogP contribution in [0.2, 0.25) is 0 Å². The number of thioether (sulfide) groups is 1. The molecular weight excluding hydrogens is 418 g/mol. The van der Waals surface area contributed by atoms with Gasteiger partial charge >= 0.3 is 0 Å². The SMILES string of the molecule is COCCCN(C)C(=O)c1sc2nc(CSc3cc(C)ccc3C)[nH]c(=O)c2c1C. The molecule has 8 heteroatoms. The van der Waals surface area contributed by atoms with E-state index in [2.05, 4.69) is 42.0 Å². The number of carbonyl (C=O) groups is 1. The summed E-state index contributed by atoms with van der Waals surface area (Å²) in [6, 6.07) is 6.33. The standard InChI is InChI=1S/C22H27N3O3S2/c1-13-7-8-14(2)16(11-13)29-12-17-23-20(26)18-15(3)19(30-21(18)24-17)22(27)25(4)9-6-10-28-5/h7-8,11H,6,9-10,12H2,1-5H3,(H,23,24,26). The van der Waals surface area contributed by atoms with Gasteiger partial charge in [-0.1, -0.05) is 17.7 Å². The monoisotopic (exact) mass is 445 g/mol. The molecule has 2 aromatic heterocycles. The molecule has 160 valence electrons. The van der Waals surface area contributed by atoms with Crippen molar-refractivity contribution in [1.29, 1.82) is 0 Å². The summed E-state index contributed by atoms with van der Waals surface area (Å²) in [5.41, 5.74) is 2.91. The molecule has 6 nitrogen and oxygen atoms in total. The van der Waals surface area contributed by atoms with E-state index in [1.807, 2.05) is 6.92 Å². The summed E-state index contributed by atoms with van der Waals surface area (Å²) in [5, 5.41) is 0.508. The fourth-order valence-corrected chi connectivity index (χ4v) is 5.38. The Hall–Kier alpha value is -2.16. The van der Waals surface area contributed by atoms with Gasteiger partial charge in [-0.15, -0.1) is 23.1 Å². The predicted octanol–water partition coefficient (Wildman–Crippen LogP) is 4.31. The number of ether oxygens (including phenoxy) is 1. The van der Waals surface area contributed by atoms with Crippen molar-refractivity contribution in [3.05, 3.63) is 55.9 Å². The number of aromatic nitrogens is 2. The van der Waals surface area contributed by atoms with Crippen molar-refractivity contribution in [2.45, 2.75) is 37.8 Å². The number of thiophene rings is 1. The molecule has 30 heavy (non-hydrogen) atoms. The zero-order valence-corrected chi connectivity index (χ0v) is 19.6. The Balaban J connectivity index is 1.84. The van der Waals surface area contributed by atoms with Crippen LogP contribution < -0.4 is 5.56 Å². The summed E-state index contributed by atoms with van der Waals surface area (Å²) < 4.78 is 5.05. The van der Waals surface area contributed by atoms with Gasteiger partial charge in [-0.3, -0.25) is 9.59 Å². The molecule has 1 amide bonds. The number of methoxy groups -OCH3 is 1. The molecule has 0 atom stereocenters. The first-order chi connectivity index (χ1) is 14.3. The molecule has 0 radical (unpaired) electrons. The number of rotatable bonds is 8. The first-order valence-corrected chi connectivity index (χ1v) is 11.6. The summed E-state index contributed by atoms with van der Waals surface area (Å²) in [7, 11) is 3.41. The van der Waals surface area contributed by atoms with Gasteiger partial charge in [0.15, 0.2) is 0 Å². The van der Waals surface area contributed by atoms with Crippen LogP contribution in [0.5, 0.6) is 0 Å². The second kappa shape index (κ2) is 9.76. The van der Waals surface area contributed by atoms with E-state index in [9.17, 15) is 9.59 Å². The average Bonchev–Trinajstić information content (AvgIpc) is 3.05. The van der Waals surface area contributed by atoms with E-state index in [1.165, 1.54) is 27.4 Å². The number of fused-ring (bicyclic) bond motifs is 1. The summed E-state index contributed by atoms with van der Waals surface area (Å²) in [6.45, 7) is 7.16. The van der Waals surface area contributed by atoms with Crippen LogP contribution in [0, 0.1) is 20.8 Å². The molecule has 0 fully saturated rings. The third kappa shape index (κ3) is 4.94. The topological polar surface area (TPSA) is 75.3 Å². The van der Waals surface area contributed by atoms with Gasteiger partial charge in [0.05, 0.1) is 16.0 Å². The van der Waals surface area contributed by atoms with E-state index in [4.69, 9.17) is 4.74 Å². The summed E-state index contributed by atoms with van der Waals surface area (Å²) in [5.74, 6) is 1.09. The summed E-state index contributed by atoms with van der Waals surface area (Å²) >= 11 is 2.94. The van der Waals surface area contributed by atoms with Gasteiger partial charge in [0.2, 0.25) is 0 Å². The third-order valence-corrected chi connectivity index (χ3v) is 7.28. The lowest BCUT2D eigenvalue weighted by atomic mass is 10.2. The Morgan fingerprint density at radius 1 is 1.30 bits per heavy atom. The number of amides is 1. The van der Waals surface area contributed by atoms with E-state index < -0.39 is 0 Å². The number of aromatic amines is 1. The Morgan fingerprint density at radius 2 is 2.07 bits per heavy atom. The van der Waals surface area contributed by atoms with Crippen molar-refractivity contribution in [1.82, 2.24) is 14.9 Å². The van der Waals surface area contributed by atoms with E-state index in [-0.39, 0.29) is 11.5 Å². The van der Waals surface area contributed by atoms with Crippen molar-refractivity contribution >= 4 is 39.2 Å². The predicted molar refractivity (Wildman–Crippen MR) is 124 cm³/mol. The Kier molecular flexibility index (Phi) is 7.33. The highest BCUT2D eigenvalue weighted by Gasteiger charge is 2.21. The van der Waals surface area contributed by atoms with Gasteiger partial charge in [-0.25, -0.2) is 4.98 Å². The molecular formula is C22H27N3O3S2. The smallest absolute Gasteiger partial charge is 0.264 e. The van der Waals surface area contributed by atoms with Crippen LogP contribution in [0.25, 0.3) is 10.2 Å². The maximum Gasteiger partial charge on any atom is 0.264 e. The van der Waals surface area contributed by atoms with Crippen LogP contribution in [0.15, 0.2) is 27.9 Å². The van der Waals surface area contributed by atoms with E-state index in [0.29, 0.717) is 45.4 Å². The van der Waals surface area contributed by atoms with E-state index in [0.717, 1.165) is 6.42 Å². The van der Waals surface area contributed by atoms with Gasteiger partial charge in [-0.05, 0) is 44.4 Å². The number of hydrogen-bond donors (Lipinski definition) is 1. The molecule has 1 N–H and O–H groups in total. The zero-order chi connectivity index (χ0) is 21.8. The second-order valence-corrected chi connectivity index (χ2v) is 9.40. The molecule has 3 aromatic rings. The molecule has 1 aromatic carbocycles. The van der Waals surface area contributed by atoms with E-state index >= 15 is 0 Å². The third-order valence-electron chi connectivity index (χ3n) is 4.94.